The van der Waals surface area contributed by atoms with E-state index in [0.717, 1.165) is 6.92 Å². The maximum Gasteiger partial charge on any atom is 0.326 e. The second-order valence-corrected chi connectivity index (χ2v) is 7.07. The van der Waals surface area contributed by atoms with Crippen molar-refractivity contribution in [3.8, 4) is 0 Å². The predicted molar refractivity (Wildman–Crippen MR) is 108 cm³/mol. The number of aliphatic carboxylic acids is 2. The Morgan fingerprint density at radius 2 is 1.30 bits per heavy atom. The summed E-state index contributed by atoms with van der Waals surface area (Å²) in [5.41, 5.74) is 15.3. The topological polar surface area (TPSA) is 294 Å². The molecule has 0 aliphatic heterocycles. The van der Waals surface area contributed by atoms with Crippen LogP contribution in [0.1, 0.15) is 32.6 Å². The quantitative estimate of drug-likeness (QED) is 0.108. The van der Waals surface area contributed by atoms with Crippen LogP contribution in [0.3, 0.4) is 0 Å². The summed E-state index contributed by atoms with van der Waals surface area (Å²) < 4.78 is 0. The Morgan fingerprint density at radius 1 is 0.788 bits per heavy atom. The third kappa shape index (κ3) is 11.4. The van der Waals surface area contributed by atoms with Gasteiger partial charge in [-0.25, -0.2) is 4.79 Å². The van der Waals surface area contributed by atoms with Crippen LogP contribution in [-0.2, 0) is 33.6 Å². The number of nitrogens with two attached hydrogens (primary N) is 3. The third-order valence-electron chi connectivity index (χ3n) is 4.12. The Morgan fingerprint density at radius 3 is 1.73 bits per heavy atom. The lowest BCUT2D eigenvalue weighted by Gasteiger charge is -2.26. The van der Waals surface area contributed by atoms with Crippen molar-refractivity contribution in [1.82, 2.24) is 16.0 Å². The fraction of sp³-hybridized carbons (Fsp3) is 0.588. The Hall–Kier alpha value is -3.79. The zero-order chi connectivity index (χ0) is 25.9. The molecule has 0 fully saturated rings. The van der Waals surface area contributed by atoms with E-state index in [1.807, 2.05) is 5.32 Å². The zero-order valence-electron chi connectivity index (χ0n) is 17.6. The Kier molecular flexibility index (Phi) is 12.0. The molecule has 0 aliphatic carbocycles. The van der Waals surface area contributed by atoms with Gasteiger partial charge in [-0.2, -0.15) is 0 Å². The van der Waals surface area contributed by atoms with Crippen molar-refractivity contribution in [3.05, 3.63) is 0 Å². The van der Waals surface area contributed by atoms with Gasteiger partial charge in [0.1, 0.15) is 18.1 Å². The summed E-state index contributed by atoms with van der Waals surface area (Å²) in [5.74, 6) is -8.21. The maximum absolute atomic E-state index is 12.6. The standard InChI is InChI=1S/C17H28N6O10/c1-6(24)13(23-14(29)7(18)4-10(19)25)16(31)21-8(2-3-12(27)28)15(30)22-9(17(32)33)5-11(20)26/h6-9,13,24H,2-5,18H2,1H3,(H2,19,25)(H2,20,26)(H,21,31)(H,22,30)(H,23,29)(H,27,28)(H,32,33). The average molecular weight is 476 g/mol. The predicted octanol–water partition coefficient (Wildman–Crippen LogP) is -5.15. The Labute approximate surface area is 187 Å². The molecular weight excluding hydrogens is 448 g/mol. The highest BCUT2D eigenvalue weighted by Crippen LogP contribution is 2.04. The number of aliphatic hydroxyl groups is 1. The second kappa shape index (κ2) is 13.6. The first kappa shape index (κ1) is 29.2. The highest BCUT2D eigenvalue weighted by molar-refractivity contribution is 5.96. The summed E-state index contributed by atoms with van der Waals surface area (Å²) >= 11 is 0. The fourth-order valence-electron chi connectivity index (χ4n) is 2.45. The zero-order valence-corrected chi connectivity index (χ0v) is 17.6. The van der Waals surface area contributed by atoms with Gasteiger partial charge in [-0.15, -0.1) is 0 Å². The summed E-state index contributed by atoms with van der Waals surface area (Å²) in [4.78, 5) is 81.1. The summed E-state index contributed by atoms with van der Waals surface area (Å²) in [7, 11) is 0. The van der Waals surface area contributed by atoms with Crippen LogP contribution in [0, 0.1) is 0 Å². The smallest absolute Gasteiger partial charge is 0.326 e. The molecule has 186 valence electrons. The van der Waals surface area contributed by atoms with Gasteiger partial charge in [0.15, 0.2) is 0 Å². The number of nitrogens with one attached hydrogen (secondary N) is 3. The van der Waals surface area contributed by atoms with Crippen LogP contribution in [0.15, 0.2) is 0 Å². The van der Waals surface area contributed by atoms with E-state index in [-0.39, 0.29) is 0 Å². The lowest BCUT2D eigenvalue weighted by atomic mass is 10.1. The van der Waals surface area contributed by atoms with Crippen LogP contribution in [0.4, 0.5) is 0 Å². The van der Waals surface area contributed by atoms with Crippen LogP contribution in [0.2, 0.25) is 0 Å². The number of amides is 5. The first-order valence-electron chi connectivity index (χ1n) is 9.51. The van der Waals surface area contributed by atoms with Crippen LogP contribution in [0.25, 0.3) is 0 Å². The van der Waals surface area contributed by atoms with Crippen LogP contribution in [0.5, 0.6) is 0 Å². The summed E-state index contributed by atoms with van der Waals surface area (Å²) in [6, 6.07) is -6.50. The lowest BCUT2D eigenvalue weighted by Crippen LogP contribution is -2.60. The number of rotatable bonds is 15. The maximum atomic E-state index is 12.6. The Bertz CT molecular complexity index is 786. The minimum absolute atomic E-state index is 0.502. The first-order chi connectivity index (χ1) is 15.1. The van der Waals surface area contributed by atoms with Gasteiger partial charge in [0.2, 0.25) is 29.5 Å². The molecule has 5 atom stereocenters. The third-order valence-corrected chi connectivity index (χ3v) is 4.12. The molecule has 0 saturated heterocycles. The lowest BCUT2D eigenvalue weighted by molar-refractivity contribution is -0.144. The highest BCUT2D eigenvalue weighted by Gasteiger charge is 2.33. The van der Waals surface area contributed by atoms with E-state index >= 15 is 0 Å². The van der Waals surface area contributed by atoms with E-state index in [9.17, 15) is 38.7 Å². The van der Waals surface area contributed by atoms with Crippen molar-refractivity contribution >= 4 is 41.5 Å². The van der Waals surface area contributed by atoms with Crippen LogP contribution in [-0.4, -0.2) is 87.1 Å². The molecule has 5 amide bonds. The van der Waals surface area contributed by atoms with Gasteiger partial charge in [0.25, 0.3) is 0 Å². The minimum atomic E-state index is -1.75. The van der Waals surface area contributed by atoms with Gasteiger partial charge in [-0.05, 0) is 13.3 Å². The SMILES string of the molecule is CC(O)C(NC(=O)C(N)CC(N)=O)C(=O)NC(CCC(=O)O)C(=O)NC(CC(N)=O)C(=O)O. The molecule has 0 aromatic rings. The minimum Gasteiger partial charge on any atom is -0.481 e. The van der Waals surface area contributed by atoms with E-state index in [4.69, 9.17) is 27.4 Å². The number of carboxylic acids is 2. The van der Waals surface area contributed by atoms with Crippen molar-refractivity contribution in [2.24, 2.45) is 17.2 Å². The van der Waals surface area contributed by atoms with Crippen LogP contribution < -0.4 is 33.2 Å². The summed E-state index contributed by atoms with van der Waals surface area (Å²) in [5, 5.41) is 34.0. The number of hydrogen-bond donors (Lipinski definition) is 9. The molecular formula is C17H28N6O10. The number of carbonyl (C=O) groups excluding carboxylic acids is 5. The van der Waals surface area contributed by atoms with Gasteiger partial charge in [-0.1, -0.05) is 0 Å². The Balaban J connectivity index is 5.53. The molecule has 0 aromatic carbocycles. The van der Waals surface area contributed by atoms with E-state index in [0.29, 0.717) is 0 Å². The van der Waals surface area contributed by atoms with Crippen molar-refractivity contribution in [2.45, 2.75) is 62.9 Å². The van der Waals surface area contributed by atoms with Crippen LogP contribution >= 0.6 is 0 Å². The first-order valence-corrected chi connectivity index (χ1v) is 9.51. The van der Waals surface area contributed by atoms with Gasteiger partial charge in [-0.3, -0.25) is 28.8 Å². The molecule has 0 saturated carbocycles. The van der Waals surface area contributed by atoms with E-state index in [1.54, 1.807) is 0 Å². The van der Waals surface area contributed by atoms with Gasteiger partial charge in [0.05, 0.1) is 25.0 Å². The largest absolute Gasteiger partial charge is 0.481 e. The van der Waals surface area contributed by atoms with E-state index in [1.165, 1.54) is 0 Å². The number of aliphatic hydroxyl groups excluding tert-OH is 1. The van der Waals surface area contributed by atoms with Crippen molar-refractivity contribution in [2.75, 3.05) is 0 Å². The summed E-state index contributed by atoms with van der Waals surface area (Å²) in [6.45, 7) is 1.11. The molecule has 5 unspecified atom stereocenters. The van der Waals surface area contributed by atoms with Crippen molar-refractivity contribution < 1.29 is 48.9 Å². The molecule has 12 N–H and O–H groups in total. The molecule has 0 heterocycles. The molecule has 16 heteroatoms. The summed E-state index contributed by atoms with van der Waals surface area (Å²) in [6.07, 6.45) is -3.98. The number of carbonyl (C=O) groups is 7. The van der Waals surface area contributed by atoms with Gasteiger partial charge < -0.3 is 48.5 Å². The van der Waals surface area contributed by atoms with Crippen molar-refractivity contribution in [3.63, 3.8) is 0 Å². The van der Waals surface area contributed by atoms with E-state index < -0.39 is 97.4 Å². The van der Waals surface area contributed by atoms with E-state index in [2.05, 4.69) is 10.6 Å². The molecule has 16 nitrogen and oxygen atoms in total. The molecule has 0 rings (SSSR count). The van der Waals surface area contributed by atoms with Gasteiger partial charge >= 0.3 is 11.9 Å². The molecule has 0 aliphatic rings. The molecule has 0 radical (unpaired) electrons. The van der Waals surface area contributed by atoms with Crippen molar-refractivity contribution in [1.29, 1.82) is 0 Å². The molecule has 33 heavy (non-hydrogen) atoms. The van der Waals surface area contributed by atoms with Gasteiger partial charge in [0, 0.05) is 6.42 Å². The number of primary amides is 2. The second-order valence-electron chi connectivity index (χ2n) is 7.07. The molecule has 0 aromatic heterocycles. The average Bonchev–Trinajstić information content (AvgIpc) is 2.66. The monoisotopic (exact) mass is 476 g/mol. The highest BCUT2D eigenvalue weighted by atomic mass is 16.4. The number of carboxylic acid groups (broad SMARTS) is 2. The normalized spacial score (nSPS) is 15.1. The number of hydrogen-bond acceptors (Lipinski definition) is 9. The fourth-order valence-corrected chi connectivity index (χ4v) is 2.45. The molecule has 0 spiro atoms. The molecule has 0 bridgehead atoms.